The standard InChI is InChI=1S/C12H15N5O2/c1-17-5-4-14-10(17)2-3-15-11-9(13)6-8(7-16-11)12(18)19/h4-7H,2-3,13H2,1H3,(H,15,16)(H,18,19). The van der Waals surface area contributed by atoms with E-state index in [1.807, 2.05) is 17.8 Å². The van der Waals surface area contributed by atoms with Crippen LogP contribution in [0.2, 0.25) is 0 Å². The zero-order valence-electron chi connectivity index (χ0n) is 10.5. The minimum absolute atomic E-state index is 0.0761. The molecule has 2 aromatic heterocycles. The molecule has 0 bridgehead atoms. The summed E-state index contributed by atoms with van der Waals surface area (Å²) < 4.78 is 1.94. The molecule has 0 aliphatic rings. The number of carboxylic acid groups (broad SMARTS) is 1. The average molecular weight is 261 g/mol. The summed E-state index contributed by atoms with van der Waals surface area (Å²) in [5, 5.41) is 11.9. The summed E-state index contributed by atoms with van der Waals surface area (Å²) >= 11 is 0. The van der Waals surface area contributed by atoms with E-state index < -0.39 is 5.97 Å². The van der Waals surface area contributed by atoms with Crippen molar-refractivity contribution in [2.75, 3.05) is 17.6 Å². The predicted octanol–water partition coefficient (Wildman–Crippen LogP) is 0.750. The third kappa shape index (κ3) is 3.01. The molecule has 0 saturated carbocycles. The number of carbonyl (C=O) groups is 1. The molecule has 2 rings (SSSR count). The number of pyridine rings is 1. The molecular formula is C12H15N5O2. The molecule has 2 aromatic rings. The number of nitrogens with one attached hydrogen (secondary N) is 1. The number of imidazole rings is 1. The second-order valence-corrected chi connectivity index (χ2v) is 4.10. The Morgan fingerprint density at radius 1 is 1.53 bits per heavy atom. The van der Waals surface area contributed by atoms with Crippen LogP contribution in [0.5, 0.6) is 0 Å². The van der Waals surface area contributed by atoms with Crippen LogP contribution in [0.1, 0.15) is 16.2 Å². The number of nitrogens with zero attached hydrogens (tertiary/aromatic N) is 3. The van der Waals surface area contributed by atoms with Gasteiger partial charge in [-0.1, -0.05) is 0 Å². The molecule has 7 heteroatoms. The molecule has 0 aromatic carbocycles. The van der Waals surface area contributed by atoms with Crippen molar-refractivity contribution in [2.24, 2.45) is 7.05 Å². The molecule has 100 valence electrons. The van der Waals surface area contributed by atoms with Gasteiger partial charge in [-0.2, -0.15) is 0 Å². The highest BCUT2D eigenvalue weighted by atomic mass is 16.4. The molecule has 0 unspecified atom stereocenters. The number of aryl methyl sites for hydroxylation is 1. The van der Waals surface area contributed by atoms with E-state index in [0.29, 0.717) is 18.1 Å². The third-order valence-corrected chi connectivity index (χ3v) is 2.73. The maximum atomic E-state index is 10.7. The number of aromatic nitrogens is 3. The largest absolute Gasteiger partial charge is 0.478 e. The Labute approximate surface area is 110 Å². The van der Waals surface area contributed by atoms with Crippen molar-refractivity contribution in [2.45, 2.75) is 6.42 Å². The van der Waals surface area contributed by atoms with Gasteiger partial charge in [0.05, 0.1) is 11.3 Å². The van der Waals surface area contributed by atoms with E-state index in [-0.39, 0.29) is 5.56 Å². The molecule has 0 spiro atoms. The number of carboxylic acids is 1. The first kappa shape index (κ1) is 12.9. The summed E-state index contributed by atoms with van der Waals surface area (Å²) in [6, 6.07) is 1.39. The minimum atomic E-state index is -1.04. The predicted molar refractivity (Wildman–Crippen MR) is 71.0 cm³/mol. The van der Waals surface area contributed by atoms with Gasteiger partial charge in [-0.15, -0.1) is 0 Å². The van der Waals surface area contributed by atoms with Crippen molar-refractivity contribution in [3.05, 3.63) is 36.0 Å². The van der Waals surface area contributed by atoms with Gasteiger partial charge in [0.25, 0.3) is 0 Å². The van der Waals surface area contributed by atoms with E-state index in [4.69, 9.17) is 10.8 Å². The zero-order valence-corrected chi connectivity index (χ0v) is 10.5. The Morgan fingerprint density at radius 2 is 2.32 bits per heavy atom. The Balaban J connectivity index is 1.96. The Kier molecular flexibility index (Phi) is 3.65. The molecule has 4 N–H and O–H groups in total. The van der Waals surface area contributed by atoms with Gasteiger partial charge >= 0.3 is 5.97 Å². The number of anilines is 2. The van der Waals surface area contributed by atoms with Crippen molar-refractivity contribution in [1.82, 2.24) is 14.5 Å². The average Bonchev–Trinajstić information content (AvgIpc) is 2.77. The molecule has 0 atom stereocenters. The smallest absolute Gasteiger partial charge is 0.337 e. The quantitative estimate of drug-likeness (QED) is 0.733. The number of rotatable bonds is 5. The second kappa shape index (κ2) is 5.38. The van der Waals surface area contributed by atoms with E-state index in [2.05, 4.69) is 15.3 Å². The van der Waals surface area contributed by atoms with Crippen molar-refractivity contribution < 1.29 is 9.90 Å². The lowest BCUT2D eigenvalue weighted by molar-refractivity contribution is 0.0696. The normalized spacial score (nSPS) is 10.4. The van der Waals surface area contributed by atoms with Gasteiger partial charge in [-0.3, -0.25) is 0 Å². The Morgan fingerprint density at radius 3 is 2.89 bits per heavy atom. The molecule has 0 saturated heterocycles. The fourth-order valence-corrected chi connectivity index (χ4v) is 1.68. The first-order valence-electron chi connectivity index (χ1n) is 5.77. The summed E-state index contributed by atoms with van der Waals surface area (Å²) in [4.78, 5) is 18.9. The molecule has 0 aliphatic heterocycles. The molecule has 2 heterocycles. The number of hydrogen-bond acceptors (Lipinski definition) is 5. The number of aromatic carboxylic acids is 1. The number of hydrogen-bond donors (Lipinski definition) is 3. The Hall–Kier alpha value is -2.57. The van der Waals surface area contributed by atoms with Gasteiger partial charge in [-0.05, 0) is 6.07 Å². The first-order valence-corrected chi connectivity index (χ1v) is 5.77. The second-order valence-electron chi connectivity index (χ2n) is 4.10. The molecule has 7 nitrogen and oxygen atoms in total. The van der Waals surface area contributed by atoms with Crippen LogP contribution in [-0.4, -0.2) is 32.2 Å². The lowest BCUT2D eigenvalue weighted by Crippen LogP contribution is -2.11. The topological polar surface area (TPSA) is 106 Å². The lowest BCUT2D eigenvalue weighted by atomic mass is 10.2. The van der Waals surface area contributed by atoms with E-state index in [1.54, 1.807) is 6.20 Å². The van der Waals surface area contributed by atoms with E-state index in [0.717, 1.165) is 12.2 Å². The summed E-state index contributed by atoms with van der Waals surface area (Å²) in [5.41, 5.74) is 6.13. The van der Waals surface area contributed by atoms with Gasteiger partial charge in [0, 0.05) is 38.6 Å². The molecule has 0 aliphatic carbocycles. The highest BCUT2D eigenvalue weighted by Crippen LogP contribution is 2.16. The zero-order chi connectivity index (χ0) is 13.8. The van der Waals surface area contributed by atoms with Crippen LogP contribution in [0, 0.1) is 0 Å². The van der Waals surface area contributed by atoms with Crippen molar-refractivity contribution in [3.63, 3.8) is 0 Å². The summed E-state index contributed by atoms with van der Waals surface area (Å²) in [7, 11) is 1.93. The first-order chi connectivity index (χ1) is 9.08. The molecule has 0 amide bonds. The fourth-order valence-electron chi connectivity index (χ4n) is 1.68. The van der Waals surface area contributed by atoms with Crippen LogP contribution in [0.25, 0.3) is 0 Å². The van der Waals surface area contributed by atoms with E-state index in [1.165, 1.54) is 12.3 Å². The summed E-state index contributed by atoms with van der Waals surface area (Å²) in [5.74, 6) is 0.395. The van der Waals surface area contributed by atoms with Crippen molar-refractivity contribution in [1.29, 1.82) is 0 Å². The third-order valence-electron chi connectivity index (χ3n) is 2.73. The minimum Gasteiger partial charge on any atom is -0.478 e. The maximum Gasteiger partial charge on any atom is 0.337 e. The van der Waals surface area contributed by atoms with Crippen LogP contribution in [0.4, 0.5) is 11.5 Å². The van der Waals surface area contributed by atoms with Crippen LogP contribution in [-0.2, 0) is 13.5 Å². The van der Waals surface area contributed by atoms with Crippen molar-refractivity contribution >= 4 is 17.5 Å². The van der Waals surface area contributed by atoms with Gasteiger partial charge in [-0.25, -0.2) is 14.8 Å². The van der Waals surface area contributed by atoms with Gasteiger partial charge < -0.3 is 20.7 Å². The number of nitrogen functional groups attached to an aromatic ring is 1. The van der Waals surface area contributed by atoms with Gasteiger partial charge in [0.2, 0.25) is 0 Å². The number of nitrogens with two attached hydrogens (primary N) is 1. The molecular weight excluding hydrogens is 246 g/mol. The lowest BCUT2D eigenvalue weighted by Gasteiger charge is -2.08. The van der Waals surface area contributed by atoms with E-state index >= 15 is 0 Å². The highest BCUT2D eigenvalue weighted by molar-refractivity contribution is 5.89. The molecule has 0 radical (unpaired) electrons. The summed E-state index contributed by atoms with van der Waals surface area (Å²) in [6.07, 6.45) is 5.63. The highest BCUT2D eigenvalue weighted by Gasteiger charge is 2.07. The van der Waals surface area contributed by atoms with Crippen molar-refractivity contribution in [3.8, 4) is 0 Å². The van der Waals surface area contributed by atoms with Crippen LogP contribution in [0.15, 0.2) is 24.7 Å². The Bertz CT molecular complexity index is 594. The van der Waals surface area contributed by atoms with Gasteiger partial charge in [0.15, 0.2) is 0 Å². The molecule has 0 fully saturated rings. The SMILES string of the molecule is Cn1ccnc1CCNc1ncc(C(=O)O)cc1N. The summed E-state index contributed by atoms with van der Waals surface area (Å²) in [6.45, 7) is 0.620. The van der Waals surface area contributed by atoms with Crippen LogP contribution in [0.3, 0.4) is 0 Å². The van der Waals surface area contributed by atoms with E-state index in [9.17, 15) is 4.79 Å². The van der Waals surface area contributed by atoms with Crippen LogP contribution < -0.4 is 11.1 Å². The monoisotopic (exact) mass is 261 g/mol. The fraction of sp³-hybridized carbons (Fsp3) is 0.250. The maximum absolute atomic E-state index is 10.7. The van der Waals surface area contributed by atoms with Gasteiger partial charge in [0.1, 0.15) is 11.6 Å². The molecule has 19 heavy (non-hydrogen) atoms. The van der Waals surface area contributed by atoms with Crippen LogP contribution >= 0.6 is 0 Å².